The van der Waals surface area contributed by atoms with Crippen LogP contribution in [-0.2, 0) is 0 Å². The van der Waals surface area contributed by atoms with Gasteiger partial charge in [-0.1, -0.05) is 17.7 Å². The summed E-state index contributed by atoms with van der Waals surface area (Å²) < 4.78 is 1.89. The van der Waals surface area contributed by atoms with E-state index >= 15 is 0 Å². The van der Waals surface area contributed by atoms with Gasteiger partial charge in [0.15, 0.2) is 0 Å². The summed E-state index contributed by atoms with van der Waals surface area (Å²) >= 11 is 6.05. The van der Waals surface area contributed by atoms with Crippen LogP contribution in [0.4, 0.5) is 5.69 Å². The second-order valence-corrected chi connectivity index (χ2v) is 4.86. The lowest BCUT2D eigenvalue weighted by Crippen LogP contribution is -2.14. The average molecular weight is 298 g/mol. The number of nitrogens with one attached hydrogen (secondary N) is 1. The van der Waals surface area contributed by atoms with Crippen molar-refractivity contribution < 1.29 is 4.79 Å². The number of nitrogens with zero attached hydrogens (tertiary/aromatic N) is 2. The van der Waals surface area contributed by atoms with Crippen molar-refractivity contribution in [3.05, 3.63) is 77.8 Å². The van der Waals surface area contributed by atoms with Gasteiger partial charge in [0, 0.05) is 23.6 Å². The molecule has 0 aliphatic carbocycles. The molecule has 5 heteroatoms. The Hall–Kier alpha value is -2.59. The van der Waals surface area contributed by atoms with E-state index in [4.69, 9.17) is 11.6 Å². The van der Waals surface area contributed by atoms with Gasteiger partial charge in [-0.2, -0.15) is 0 Å². The van der Waals surface area contributed by atoms with Gasteiger partial charge in [0.1, 0.15) is 5.69 Å². The molecular formula is C16H12ClN3O. The topological polar surface area (TPSA) is 46.9 Å². The van der Waals surface area contributed by atoms with Crippen molar-refractivity contribution in [3.63, 3.8) is 0 Å². The largest absolute Gasteiger partial charge is 0.322 e. The van der Waals surface area contributed by atoms with Crippen LogP contribution in [0.25, 0.3) is 5.69 Å². The van der Waals surface area contributed by atoms with Crippen LogP contribution in [0.15, 0.2) is 67.1 Å². The Morgan fingerprint density at radius 3 is 2.62 bits per heavy atom. The SMILES string of the molecule is O=C(Nc1ccc(Cl)cc1-n1cccc1)c1ccccn1. The van der Waals surface area contributed by atoms with E-state index in [2.05, 4.69) is 10.3 Å². The van der Waals surface area contributed by atoms with E-state index in [9.17, 15) is 4.79 Å². The minimum Gasteiger partial charge on any atom is -0.322 e. The number of carbonyl (C=O) groups is 1. The van der Waals surface area contributed by atoms with Gasteiger partial charge in [-0.05, 0) is 42.5 Å². The van der Waals surface area contributed by atoms with Crippen molar-refractivity contribution in [2.45, 2.75) is 0 Å². The Morgan fingerprint density at radius 2 is 1.90 bits per heavy atom. The molecule has 2 aromatic heterocycles. The highest BCUT2D eigenvalue weighted by Gasteiger charge is 2.11. The minimum atomic E-state index is -0.258. The first kappa shape index (κ1) is 13.4. The number of rotatable bonds is 3. The van der Waals surface area contributed by atoms with E-state index in [1.807, 2.05) is 29.1 Å². The van der Waals surface area contributed by atoms with Crippen molar-refractivity contribution in [3.8, 4) is 5.69 Å². The molecule has 0 bridgehead atoms. The molecule has 1 N–H and O–H groups in total. The highest BCUT2D eigenvalue weighted by atomic mass is 35.5. The number of amides is 1. The van der Waals surface area contributed by atoms with Gasteiger partial charge in [0.2, 0.25) is 0 Å². The van der Waals surface area contributed by atoms with Gasteiger partial charge in [-0.15, -0.1) is 0 Å². The maximum absolute atomic E-state index is 12.2. The van der Waals surface area contributed by atoms with Crippen molar-refractivity contribution in [2.75, 3.05) is 5.32 Å². The van der Waals surface area contributed by atoms with Crippen LogP contribution in [0.2, 0.25) is 5.02 Å². The van der Waals surface area contributed by atoms with Crippen LogP contribution >= 0.6 is 11.6 Å². The van der Waals surface area contributed by atoms with Crippen molar-refractivity contribution in [1.82, 2.24) is 9.55 Å². The Kier molecular flexibility index (Phi) is 3.71. The molecule has 3 rings (SSSR count). The molecule has 0 radical (unpaired) electrons. The van der Waals surface area contributed by atoms with Crippen LogP contribution in [-0.4, -0.2) is 15.5 Å². The van der Waals surface area contributed by atoms with E-state index < -0.39 is 0 Å². The fourth-order valence-corrected chi connectivity index (χ4v) is 2.17. The Morgan fingerprint density at radius 1 is 1.10 bits per heavy atom. The third kappa shape index (κ3) is 2.95. The Labute approximate surface area is 127 Å². The molecule has 0 fully saturated rings. The third-order valence-electron chi connectivity index (χ3n) is 2.99. The molecule has 0 aliphatic heterocycles. The molecule has 1 amide bonds. The molecule has 0 saturated heterocycles. The summed E-state index contributed by atoms with van der Waals surface area (Å²) in [6.07, 6.45) is 5.37. The van der Waals surface area contributed by atoms with Crippen molar-refractivity contribution in [2.24, 2.45) is 0 Å². The molecule has 0 spiro atoms. The molecule has 0 atom stereocenters. The standard InChI is InChI=1S/C16H12ClN3O/c17-12-6-7-13(15(11-12)20-9-3-4-10-20)19-16(21)14-5-1-2-8-18-14/h1-11H,(H,19,21). The van der Waals surface area contributed by atoms with E-state index in [1.165, 1.54) is 0 Å². The molecule has 0 aliphatic rings. The average Bonchev–Trinajstić information content (AvgIpc) is 3.04. The van der Waals surface area contributed by atoms with Crippen LogP contribution in [0.3, 0.4) is 0 Å². The maximum Gasteiger partial charge on any atom is 0.274 e. The zero-order valence-electron chi connectivity index (χ0n) is 11.0. The number of hydrogen-bond donors (Lipinski definition) is 1. The Balaban J connectivity index is 1.94. The summed E-state index contributed by atoms with van der Waals surface area (Å²) in [5.41, 5.74) is 1.84. The first-order valence-corrected chi connectivity index (χ1v) is 6.77. The maximum atomic E-state index is 12.2. The summed E-state index contributed by atoms with van der Waals surface area (Å²) in [6, 6.07) is 14.3. The number of aromatic nitrogens is 2. The lowest BCUT2D eigenvalue weighted by molar-refractivity contribution is 0.102. The second-order valence-electron chi connectivity index (χ2n) is 4.42. The molecule has 3 aromatic rings. The number of pyridine rings is 1. The molecular weight excluding hydrogens is 286 g/mol. The first-order chi connectivity index (χ1) is 10.2. The third-order valence-corrected chi connectivity index (χ3v) is 3.22. The number of hydrogen-bond acceptors (Lipinski definition) is 2. The molecule has 2 heterocycles. The zero-order chi connectivity index (χ0) is 14.7. The summed E-state index contributed by atoms with van der Waals surface area (Å²) in [4.78, 5) is 16.2. The molecule has 21 heavy (non-hydrogen) atoms. The monoisotopic (exact) mass is 297 g/mol. The van der Waals surface area contributed by atoms with Crippen LogP contribution in [0.5, 0.6) is 0 Å². The predicted molar refractivity (Wildman–Crippen MR) is 83.0 cm³/mol. The lowest BCUT2D eigenvalue weighted by atomic mass is 10.2. The van der Waals surface area contributed by atoms with Gasteiger partial charge < -0.3 is 9.88 Å². The number of anilines is 1. The Bertz CT molecular complexity index is 754. The summed E-state index contributed by atoms with van der Waals surface area (Å²) in [6.45, 7) is 0. The quantitative estimate of drug-likeness (QED) is 0.800. The minimum absolute atomic E-state index is 0.258. The highest BCUT2D eigenvalue weighted by molar-refractivity contribution is 6.31. The van der Waals surface area contributed by atoms with Crippen LogP contribution in [0, 0.1) is 0 Å². The van der Waals surface area contributed by atoms with E-state index in [1.54, 1.807) is 42.6 Å². The highest BCUT2D eigenvalue weighted by Crippen LogP contribution is 2.25. The number of benzene rings is 1. The fourth-order valence-electron chi connectivity index (χ4n) is 2.00. The smallest absolute Gasteiger partial charge is 0.274 e. The van der Waals surface area contributed by atoms with E-state index in [0.29, 0.717) is 16.4 Å². The van der Waals surface area contributed by atoms with Gasteiger partial charge in [-0.25, -0.2) is 0 Å². The van der Waals surface area contributed by atoms with Crippen molar-refractivity contribution >= 4 is 23.2 Å². The summed E-state index contributed by atoms with van der Waals surface area (Å²) in [7, 11) is 0. The van der Waals surface area contributed by atoms with E-state index in [-0.39, 0.29) is 5.91 Å². The van der Waals surface area contributed by atoms with Gasteiger partial charge in [0.25, 0.3) is 5.91 Å². The van der Waals surface area contributed by atoms with Crippen LogP contribution in [0.1, 0.15) is 10.5 Å². The van der Waals surface area contributed by atoms with Crippen LogP contribution < -0.4 is 5.32 Å². The fraction of sp³-hybridized carbons (Fsp3) is 0. The molecule has 0 unspecified atom stereocenters. The zero-order valence-corrected chi connectivity index (χ0v) is 11.8. The van der Waals surface area contributed by atoms with Gasteiger partial charge >= 0.3 is 0 Å². The molecule has 0 saturated carbocycles. The van der Waals surface area contributed by atoms with Gasteiger partial charge in [0.05, 0.1) is 11.4 Å². The normalized spacial score (nSPS) is 10.3. The second kappa shape index (κ2) is 5.81. The van der Waals surface area contributed by atoms with Crippen molar-refractivity contribution in [1.29, 1.82) is 0 Å². The summed E-state index contributed by atoms with van der Waals surface area (Å²) in [5.74, 6) is -0.258. The summed E-state index contributed by atoms with van der Waals surface area (Å²) in [5, 5.41) is 3.47. The molecule has 1 aromatic carbocycles. The number of carbonyl (C=O) groups excluding carboxylic acids is 1. The van der Waals surface area contributed by atoms with E-state index in [0.717, 1.165) is 5.69 Å². The molecule has 4 nitrogen and oxygen atoms in total. The number of halogens is 1. The first-order valence-electron chi connectivity index (χ1n) is 6.39. The molecule has 104 valence electrons. The van der Waals surface area contributed by atoms with Gasteiger partial charge in [-0.3, -0.25) is 9.78 Å². The predicted octanol–water partition coefficient (Wildman–Crippen LogP) is 3.78. The lowest BCUT2D eigenvalue weighted by Gasteiger charge is -2.12.